The van der Waals surface area contributed by atoms with E-state index in [2.05, 4.69) is 5.32 Å². The maximum Gasteiger partial charge on any atom is 0.247 e. The van der Waals surface area contributed by atoms with Crippen molar-refractivity contribution in [2.24, 2.45) is 0 Å². The molecular weight excluding hydrogens is 452 g/mol. The van der Waals surface area contributed by atoms with Gasteiger partial charge >= 0.3 is 0 Å². The molecule has 0 aliphatic heterocycles. The molecule has 4 rings (SSSR count). The molecule has 0 unspecified atom stereocenters. The average Bonchev–Trinajstić information content (AvgIpc) is 3.10. The molecule has 7 nitrogen and oxygen atoms in total. The van der Waals surface area contributed by atoms with E-state index in [-0.39, 0.29) is 11.4 Å². The Labute approximate surface area is 190 Å². The number of hydrogen-bond donors (Lipinski definition) is 1. The van der Waals surface area contributed by atoms with Gasteiger partial charge in [-0.15, -0.1) is 0 Å². The summed E-state index contributed by atoms with van der Waals surface area (Å²) in [6.45, 7) is 1.50. The molecular formula is C23H21ClN2O5S. The van der Waals surface area contributed by atoms with Gasteiger partial charge in [0.05, 0.1) is 19.1 Å². The first kappa shape index (κ1) is 22.0. The van der Waals surface area contributed by atoms with E-state index in [1.807, 2.05) is 30.3 Å². The van der Waals surface area contributed by atoms with Crippen LogP contribution in [0.5, 0.6) is 5.75 Å². The first-order valence-corrected chi connectivity index (χ1v) is 12.0. The van der Waals surface area contributed by atoms with Gasteiger partial charge in [0, 0.05) is 27.5 Å². The number of nitrogens with zero attached hydrogens (tertiary/aromatic N) is 1. The van der Waals surface area contributed by atoms with Gasteiger partial charge in [-0.25, -0.2) is 8.42 Å². The second kappa shape index (κ2) is 8.37. The van der Waals surface area contributed by atoms with Crippen molar-refractivity contribution in [3.63, 3.8) is 0 Å². The monoisotopic (exact) mass is 472 g/mol. The van der Waals surface area contributed by atoms with E-state index < -0.39 is 22.0 Å². The van der Waals surface area contributed by atoms with E-state index in [1.54, 1.807) is 24.3 Å². The molecule has 0 aliphatic rings. The van der Waals surface area contributed by atoms with Gasteiger partial charge < -0.3 is 14.5 Å². The normalized spacial score (nSPS) is 12.6. The highest BCUT2D eigenvalue weighted by Gasteiger charge is 2.31. The number of rotatable bonds is 6. The minimum atomic E-state index is -3.84. The standard InChI is InChI=1S/C23H21ClN2O5S/c1-14(26(32(3,28)29)19-12-15(24)8-11-21(19)30-2)23(27)25-16-9-10-18-17-6-4-5-7-20(17)31-22(18)13-16/h4-14H,1-3H3,(H,25,27)/t14-/m1/s1. The molecule has 0 saturated heterocycles. The first-order valence-electron chi connectivity index (χ1n) is 9.74. The van der Waals surface area contributed by atoms with Gasteiger partial charge in [0.25, 0.3) is 0 Å². The number of halogens is 1. The van der Waals surface area contributed by atoms with Crippen LogP contribution >= 0.6 is 11.6 Å². The van der Waals surface area contributed by atoms with Gasteiger partial charge in [0.15, 0.2) is 0 Å². The third kappa shape index (κ3) is 4.11. The Balaban J connectivity index is 1.67. The predicted molar refractivity (Wildman–Crippen MR) is 127 cm³/mol. The number of amides is 1. The molecule has 0 saturated carbocycles. The number of hydrogen-bond acceptors (Lipinski definition) is 5. The number of nitrogens with one attached hydrogen (secondary N) is 1. The molecule has 1 N–H and O–H groups in total. The van der Waals surface area contributed by atoms with E-state index in [9.17, 15) is 13.2 Å². The van der Waals surface area contributed by atoms with Crippen molar-refractivity contribution < 1.29 is 22.4 Å². The fourth-order valence-electron chi connectivity index (χ4n) is 3.67. The van der Waals surface area contributed by atoms with Crippen molar-refractivity contribution in [1.82, 2.24) is 0 Å². The van der Waals surface area contributed by atoms with Crippen molar-refractivity contribution in [3.05, 3.63) is 65.7 Å². The van der Waals surface area contributed by atoms with Crippen LogP contribution in [0.2, 0.25) is 5.02 Å². The van der Waals surface area contributed by atoms with Crippen LogP contribution in [0.4, 0.5) is 11.4 Å². The van der Waals surface area contributed by atoms with E-state index in [0.717, 1.165) is 26.9 Å². The van der Waals surface area contributed by atoms with E-state index in [0.29, 0.717) is 16.3 Å². The lowest BCUT2D eigenvalue weighted by molar-refractivity contribution is -0.116. The Hall–Kier alpha value is -3.23. The number of benzene rings is 3. The molecule has 1 aromatic heterocycles. The fraction of sp³-hybridized carbons (Fsp3) is 0.174. The Kier molecular flexibility index (Phi) is 5.75. The SMILES string of the molecule is COc1ccc(Cl)cc1N([C@H](C)C(=O)Nc1ccc2c(c1)oc1ccccc12)S(C)(=O)=O. The number of carbonyl (C=O) groups is 1. The van der Waals surface area contributed by atoms with Crippen LogP contribution in [0, 0.1) is 0 Å². The Morgan fingerprint density at radius 1 is 1.06 bits per heavy atom. The van der Waals surface area contributed by atoms with Gasteiger partial charge in [-0.3, -0.25) is 9.10 Å². The van der Waals surface area contributed by atoms with Crippen molar-refractivity contribution in [2.45, 2.75) is 13.0 Å². The summed E-state index contributed by atoms with van der Waals surface area (Å²) in [6, 6.07) is 16.5. The number of sulfonamides is 1. The smallest absolute Gasteiger partial charge is 0.247 e. The number of para-hydroxylation sites is 1. The van der Waals surface area contributed by atoms with E-state index in [1.165, 1.54) is 20.1 Å². The largest absolute Gasteiger partial charge is 0.495 e. The summed E-state index contributed by atoms with van der Waals surface area (Å²) in [4.78, 5) is 13.0. The zero-order valence-corrected chi connectivity index (χ0v) is 19.2. The van der Waals surface area contributed by atoms with Crippen LogP contribution in [-0.4, -0.2) is 33.7 Å². The average molecular weight is 473 g/mol. The predicted octanol–water partition coefficient (Wildman–Crippen LogP) is 5.04. The summed E-state index contributed by atoms with van der Waals surface area (Å²) in [5.74, 6) is -0.240. The van der Waals surface area contributed by atoms with Gasteiger partial charge in [-0.1, -0.05) is 29.8 Å². The molecule has 0 radical (unpaired) electrons. The highest BCUT2D eigenvalue weighted by molar-refractivity contribution is 7.92. The molecule has 1 amide bonds. The summed E-state index contributed by atoms with van der Waals surface area (Å²) in [5.41, 5.74) is 2.03. The number of ether oxygens (including phenoxy) is 1. The lowest BCUT2D eigenvalue weighted by atomic mass is 10.1. The second-order valence-electron chi connectivity index (χ2n) is 7.35. The van der Waals surface area contributed by atoms with Crippen LogP contribution in [0.15, 0.2) is 65.1 Å². The van der Waals surface area contributed by atoms with Gasteiger partial charge in [-0.2, -0.15) is 0 Å². The number of carbonyl (C=O) groups excluding carboxylic acids is 1. The zero-order valence-electron chi connectivity index (χ0n) is 17.6. The minimum absolute atomic E-state index is 0.179. The number of fused-ring (bicyclic) bond motifs is 3. The van der Waals surface area contributed by atoms with Crippen LogP contribution in [0.1, 0.15) is 6.92 Å². The molecule has 0 aliphatic carbocycles. The van der Waals surface area contributed by atoms with Crippen LogP contribution in [0.25, 0.3) is 21.9 Å². The lowest BCUT2D eigenvalue weighted by Gasteiger charge is -2.29. The van der Waals surface area contributed by atoms with Gasteiger partial charge in [0.1, 0.15) is 23.0 Å². The van der Waals surface area contributed by atoms with Crippen LogP contribution in [0.3, 0.4) is 0 Å². The number of methoxy groups -OCH3 is 1. The van der Waals surface area contributed by atoms with Crippen LogP contribution < -0.4 is 14.4 Å². The Bertz CT molecular complexity index is 1430. The summed E-state index contributed by atoms with van der Waals surface area (Å²) in [6.07, 6.45) is 1.03. The van der Waals surface area contributed by atoms with Gasteiger partial charge in [0.2, 0.25) is 15.9 Å². The maximum atomic E-state index is 13.0. The third-order valence-corrected chi connectivity index (χ3v) is 6.58. The van der Waals surface area contributed by atoms with Crippen molar-refractivity contribution in [3.8, 4) is 5.75 Å². The number of anilines is 2. The molecule has 4 aromatic rings. The Morgan fingerprint density at radius 2 is 1.78 bits per heavy atom. The molecule has 32 heavy (non-hydrogen) atoms. The van der Waals surface area contributed by atoms with E-state index in [4.69, 9.17) is 20.8 Å². The highest BCUT2D eigenvalue weighted by atomic mass is 35.5. The zero-order chi connectivity index (χ0) is 23.0. The lowest BCUT2D eigenvalue weighted by Crippen LogP contribution is -2.45. The van der Waals surface area contributed by atoms with Gasteiger partial charge in [-0.05, 0) is 43.3 Å². The molecule has 9 heteroatoms. The third-order valence-electron chi connectivity index (χ3n) is 5.11. The fourth-order valence-corrected chi connectivity index (χ4v) is 5.00. The first-order chi connectivity index (χ1) is 15.2. The summed E-state index contributed by atoms with van der Waals surface area (Å²) in [7, 11) is -2.42. The minimum Gasteiger partial charge on any atom is -0.495 e. The molecule has 0 spiro atoms. The molecule has 1 heterocycles. The molecule has 3 aromatic carbocycles. The summed E-state index contributed by atoms with van der Waals surface area (Å²) >= 11 is 6.08. The summed E-state index contributed by atoms with van der Waals surface area (Å²) < 4.78 is 37.4. The topological polar surface area (TPSA) is 88.8 Å². The quantitative estimate of drug-likeness (QED) is 0.424. The number of furan rings is 1. The molecule has 0 bridgehead atoms. The molecule has 166 valence electrons. The second-order valence-corrected chi connectivity index (χ2v) is 9.65. The van der Waals surface area contributed by atoms with Crippen molar-refractivity contribution >= 4 is 60.8 Å². The molecule has 0 fully saturated rings. The van der Waals surface area contributed by atoms with Crippen molar-refractivity contribution in [2.75, 3.05) is 23.0 Å². The molecule has 1 atom stereocenters. The Morgan fingerprint density at radius 3 is 2.50 bits per heavy atom. The highest BCUT2D eigenvalue weighted by Crippen LogP contribution is 2.35. The van der Waals surface area contributed by atoms with Crippen LogP contribution in [-0.2, 0) is 14.8 Å². The van der Waals surface area contributed by atoms with Crippen molar-refractivity contribution in [1.29, 1.82) is 0 Å². The summed E-state index contributed by atoms with van der Waals surface area (Å²) in [5, 5.41) is 4.99. The van der Waals surface area contributed by atoms with E-state index >= 15 is 0 Å². The maximum absolute atomic E-state index is 13.0.